The molecule has 53 heavy (non-hydrogen) atoms. The molecular formula is C50H28N2O. The minimum absolute atomic E-state index is 0.899. The largest absolute Gasteiger partial charge is 0.456 e. The van der Waals surface area contributed by atoms with E-state index >= 15 is 0 Å². The lowest BCUT2D eigenvalue weighted by Gasteiger charge is -2.12. The standard InChI is InChI=1S/C50H28N2O/c1-2-10-31-25-32(20-19-29(31)9-1)52-45-28-47-42(35-13-4-6-18-46(35)53-47)27-41(45)38-23-24-44-49(50(38)52)39-14-3-5-17-43(39)51(44)33-21-22-34-36-15-7-11-30-12-8-16-37(48(30)36)40(34)26-33/h1-28H. The Morgan fingerprint density at radius 1 is 0.321 bits per heavy atom. The lowest BCUT2D eigenvalue weighted by atomic mass is 10.0. The first-order chi connectivity index (χ1) is 26.3. The van der Waals surface area contributed by atoms with E-state index in [4.69, 9.17) is 4.42 Å². The first kappa shape index (κ1) is 27.6. The van der Waals surface area contributed by atoms with Gasteiger partial charge in [0.1, 0.15) is 11.2 Å². The van der Waals surface area contributed by atoms with Crippen molar-refractivity contribution in [3.05, 3.63) is 170 Å². The van der Waals surface area contributed by atoms with Gasteiger partial charge in [0, 0.05) is 49.8 Å². The zero-order valence-corrected chi connectivity index (χ0v) is 28.5. The van der Waals surface area contributed by atoms with Crippen LogP contribution in [0.1, 0.15) is 0 Å². The Morgan fingerprint density at radius 2 is 1.06 bits per heavy atom. The molecule has 13 rings (SSSR count). The van der Waals surface area contributed by atoms with E-state index in [-0.39, 0.29) is 0 Å². The van der Waals surface area contributed by atoms with Gasteiger partial charge in [-0.25, -0.2) is 0 Å². The van der Waals surface area contributed by atoms with Crippen LogP contribution in [-0.4, -0.2) is 9.13 Å². The van der Waals surface area contributed by atoms with E-state index in [0.717, 1.165) is 38.8 Å². The molecule has 3 heterocycles. The Labute approximate surface area is 303 Å². The maximum Gasteiger partial charge on any atom is 0.137 e. The molecule has 0 amide bonds. The van der Waals surface area contributed by atoms with Gasteiger partial charge in [0.05, 0.1) is 22.1 Å². The molecule has 0 aliphatic heterocycles. The molecule has 0 unspecified atom stereocenters. The van der Waals surface area contributed by atoms with Crippen molar-refractivity contribution in [1.82, 2.24) is 9.13 Å². The molecule has 3 aromatic heterocycles. The number of nitrogens with zero attached hydrogens (tertiary/aromatic N) is 2. The second-order valence-corrected chi connectivity index (χ2v) is 14.5. The normalized spacial score (nSPS) is 12.5. The molecule has 0 spiro atoms. The molecule has 3 nitrogen and oxygen atoms in total. The van der Waals surface area contributed by atoms with Crippen molar-refractivity contribution in [1.29, 1.82) is 0 Å². The molecule has 0 saturated heterocycles. The smallest absolute Gasteiger partial charge is 0.137 e. The summed E-state index contributed by atoms with van der Waals surface area (Å²) < 4.78 is 11.4. The predicted molar refractivity (Wildman–Crippen MR) is 222 cm³/mol. The van der Waals surface area contributed by atoms with Crippen LogP contribution in [0.25, 0.3) is 121 Å². The summed E-state index contributed by atoms with van der Waals surface area (Å²) in [6, 6.07) is 62.4. The van der Waals surface area contributed by atoms with Crippen molar-refractivity contribution in [2.24, 2.45) is 0 Å². The summed E-state index contributed by atoms with van der Waals surface area (Å²) in [5.74, 6) is 0. The van der Waals surface area contributed by atoms with Gasteiger partial charge in [0.15, 0.2) is 0 Å². The lowest BCUT2D eigenvalue weighted by molar-refractivity contribution is 0.669. The predicted octanol–water partition coefficient (Wildman–Crippen LogP) is 13.7. The van der Waals surface area contributed by atoms with Crippen LogP contribution in [0.5, 0.6) is 0 Å². The summed E-state index contributed by atoms with van der Waals surface area (Å²) in [6.07, 6.45) is 0. The van der Waals surface area contributed by atoms with Crippen LogP contribution < -0.4 is 0 Å². The summed E-state index contributed by atoms with van der Waals surface area (Å²) in [4.78, 5) is 0. The van der Waals surface area contributed by atoms with Crippen LogP contribution in [0.4, 0.5) is 0 Å². The highest BCUT2D eigenvalue weighted by molar-refractivity contribution is 6.28. The molecule has 12 aromatic rings. The SMILES string of the molecule is c1ccc2cc(-n3c4cc5oc6ccccc6c5cc4c4ccc5c(c6ccccc6n5-c5ccc6c(c5)-c5cccc7cccc-6c57)c43)ccc2c1. The molecule has 244 valence electrons. The highest BCUT2D eigenvalue weighted by atomic mass is 16.3. The highest BCUT2D eigenvalue weighted by Gasteiger charge is 2.25. The summed E-state index contributed by atoms with van der Waals surface area (Å²) in [5, 5.41) is 12.3. The maximum absolute atomic E-state index is 6.50. The lowest BCUT2D eigenvalue weighted by Crippen LogP contribution is -1.96. The molecule has 9 aromatic carbocycles. The van der Waals surface area contributed by atoms with Crippen molar-refractivity contribution in [3.8, 4) is 33.6 Å². The third kappa shape index (κ3) is 3.53. The molecule has 0 radical (unpaired) electrons. The minimum Gasteiger partial charge on any atom is -0.456 e. The summed E-state index contributed by atoms with van der Waals surface area (Å²) in [7, 11) is 0. The fourth-order valence-electron chi connectivity index (χ4n) is 9.55. The zero-order valence-electron chi connectivity index (χ0n) is 28.5. The van der Waals surface area contributed by atoms with Gasteiger partial charge in [-0.2, -0.15) is 0 Å². The van der Waals surface area contributed by atoms with Gasteiger partial charge in [-0.1, -0.05) is 115 Å². The number of rotatable bonds is 2. The Hall–Kier alpha value is -7.10. The van der Waals surface area contributed by atoms with Crippen LogP contribution in [0.2, 0.25) is 0 Å². The van der Waals surface area contributed by atoms with Crippen molar-refractivity contribution in [3.63, 3.8) is 0 Å². The summed E-state index contributed by atoms with van der Waals surface area (Å²) in [5.41, 5.74) is 14.1. The fourth-order valence-corrected chi connectivity index (χ4v) is 9.55. The molecule has 1 aliphatic rings. The van der Waals surface area contributed by atoms with E-state index in [1.54, 1.807) is 0 Å². The third-order valence-corrected chi connectivity index (χ3v) is 11.8. The van der Waals surface area contributed by atoms with E-state index in [1.165, 1.54) is 81.9 Å². The topological polar surface area (TPSA) is 23.0 Å². The van der Waals surface area contributed by atoms with Crippen molar-refractivity contribution >= 4 is 87.1 Å². The summed E-state index contributed by atoms with van der Waals surface area (Å²) in [6.45, 7) is 0. The first-order valence-electron chi connectivity index (χ1n) is 18.3. The van der Waals surface area contributed by atoms with E-state index < -0.39 is 0 Å². The number of furan rings is 1. The molecular weight excluding hydrogens is 645 g/mol. The second kappa shape index (κ2) is 9.81. The number of hydrogen-bond donors (Lipinski definition) is 0. The minimum atomic E-state index is 0.899. The fraction of sp³-hybridized carbons (Fsp3) is 0. The number of fused-ring (bicyclic) bond motifs is 14. The Morgan fingerprint density at radius 3 is 1.96 bits per heavy atom. The van der Waals surface area contributed by atoms with Crippen molar-refractivity contribution < 1.29 is 4.42 Å². The van der Waals surface area contributed by atoms with Crippen molar-refractivity contribution in [2.45, 2.75) is 0 Å². The van der Waals surface area contributed by atoms with Gasteiger partial charge in [-0.3, -0.25) is 0 Å². The van der Waals surface area contributed by atoms with E-state index in [1.807, 2.05) is 6.07 Å². The maximum atomic E-state index is 6.50. The summed E-state index contributed by atoms with van der Waals surface area (Å²) >= 11 is 0. The van der Waals surface area contributed by atoms with Gasteiger partial charge in [-0.15, -0.1) is 0 Å². The van der Waals surface area contributed by atoms with E-state index in [2.05, 4.69) is 173 Å². The average molecular weight is 673 g/mol. The van der Waals surface area contributed by atoms with Gasteiger partial charge in [0.25, 0.3) is 0 Å². The number of benzene rings is 9. The van der Waals surface area contributed by atoms with Crippen LogP contribution in [-0.2, 0) is 0 Å². The zero-order chi connectivity index (χ0) is 34.4. The van der Waals surface area contributed by atoms with E-state index in [0.29, 0.717) is 0 Å². The van der Waals surface area contributed by atoms with Gasteiger partial charge < -0.3 is 13.6 Å². The highest BCUT2D eigenvalue weighted by Crippen LogP contribution is 2.49. The van der Waals surface area contributed by atoms with Crippen LogP contribution >= 0.6 is 0 Å². The van der Waals surface area contributed by atoms with Crippen LogP contribution in [0, 0.1) is 0 Å². The first-order valence-corrected chi connectivity index (χ1v) is 18.3. The number of aromatic nitrogens is 2. The Kier molecular flexibility index (Phi) is 5.11. The molecule has 0 saturated carbocycles. The van der Waals surface area contributed by atoms with Gasteiger partial charge >= 0.3 is 0 Å². The van der Waals surface area contributed by atoms with Crippen LogP contribution in [0.3, 0.4) is 0 Å². The van der Waals surface area contributed by atoms with Gasteiger partial charge in [0.2, 0.25) is 0 Å². The molecule has 0 fully saturated rings. The molecule has 0 N–H and O–H groups in total. The van der Waals surface area contributed by atoms with Crippen LogP contribution in [0.15, 0.2) is 174 Å². The number of hydrogen-bond acceptors (Lipinski definition) is 1. The second-order valence-electron chi connectivity index (χ2n) is 14.5. The average Bonchev–Trinajstić information content (AvgIpc) is 3.94. The third-order valence-electron chi connectivity index (χ3n) is 11.8. The van der Waals surface area contributed by atoms with Crippen molar-refractivity contribution in [2.75, 3.05) is 0 Å². The van der Waals surface area contributed by atoms with E-state index in [9.17, 15) is 0 Å². The molecule has 0 atom stereocenters. The quantitative estimate of drug-likeness (QED) is 0.179. The van der Waals surface area contributed by atoms with Gasteiger partial charge in [-0.05, 0) is 92.3 Å². The Balaban J connectivity index is 1.17. The molecule has 1 aliphatic carbocycles. The Bertz CT molecular complexity index is 3570. The number of para-hydroxylation sites is 2. The molecule has 3 heteroatoms. The molecule has 0 bridgehead atoms. The monoisotopic (exact) mass is 672 g/mol.